The number of hydrogen-bond donors (Lipinski definition) is 1. The first kappa shape index (κ1) is 9.02. The van der Waals surface area contributed by atoms with E-state index >= 15 is 0 Å². The first-order valence-electron chi connectivity index (χ1n) is 3.25. The molecule has 0 saturated carbocycles. The lowest BCUT2D eigenvalue weighted by atomic mass is 9.96. The lowest BCUT2D eigenvalue weighted by Gasteiger charge is -2.24. The lowest BCUT2D eigenvalue weighted by molar-refractivity contribution is -0.188. The van der Waals surface area contributed by atoms with Gasteiger partial charge in [0.1, 0.15) is 0 Å². The summed E-state index contributed by atoms with van der Waals surface area (Å²) in [5.74, 6) is 0. The summed E-state index contributed by atoms with van der Waals surface area (Å²) < 4.78 is 36.7. The Bertz CT molecular complexity index is 235. The standard InChI is InChI=1S/C6H7F3N2O/c1-4-2-5(3-12,11-10-4)6(7,8)9/h3,11H,2H2,1H3. The first-order valence-corrected chi connectivity index (χ1v) is 3.25. The van der Waals surface area contributed by atoms with Gasteiger partial charge in [-0.15, -0.1) is 0 Å². The summed E-state index contributed by atoms with van der Waals surface area (Å²) in [5, 5.41) is 3.34. The van der Waals surface area contributed by atoms with E-state index in [2.05, 4.69) is 5.10 Å². The van der Waals surface area contributed by atoms with Gasteiger partial charge in [-0.05, 0) is 6.92 Å². The van der Waals surface area contributed by atoms with Crippen LogP contribution < -0.4 is 5.43 Å². The molecule has 0 fully saturated rings. The number of carbonyl (C=O) groups is 1. The number of carbonyl (C=O) groups excluding carboxylic acids is 1. The van der Waals surface area contributed by atoms with Crippen molar-refractivity contribution in [2.45, 2.75) is 25.1 Å². The topological polar surface area (TPSA) is 41.5 Å². The number of halogens is 3. The maximum atomic E-state index is 12.2. The number of rotatable bonds is 1. The third-order valence-electron chi connectivity index (χ3n) is 1.69. The molecule has 1 aliphatic rings. The van der Waals surface area contributed by atoms with Crippen molar-refractivity contribution in [1.82, 2.24) is 5.43 Å². The molecule has 0 saturated heterocycles. The minimum Gasteiger partial charge on any atom is -0.300 e. The number of aldehydes is 1. The van der Waals surface area contributed by atoms with Gasteiger partial charge in [0.05, 0.1) is 0 Å². The monoisotopic (exact) mass is 180 g/mol. The van der Waals surface area contributed by atoms with Crippen LogP contribution in [0.4, 0.5) is 13.2 Å². The van der Waals surface area contributed by atoms with Crippen molar-refractivity contribution >= 4 is 12.0 Å². The van der Waals surface area contributed by atoms with Crippen LogP contribution in [0.25, 0.3) is 0 Å². The van der Waals surface area contributed by atoms with Crippen LogP contribution in [-0.4, -0.2) is 23.7 Å². The van der Waals surface area contributed by atoms with E-state index in [1.807, 2.05) is 0 Å². The van der Waals surface area contributed by atoms with Gasteiger partial charge in [0.15, 0.2) is 6.29 Å². The van der Waals surface area contributed by atoms with Crippen LogP contribution in [0, 0.1) is 0 Å². The predicted molar refractivity (Wildman–Crippen MR) is 35.7 cm³/mol. The SMILES string of the molecule is CC1=NNC(C=O)(C(F)(F)F)C1. The normalized spacial score (nSPS) is 29.5. The van der Waals surface area contributed by atoms with E-state index in [0.717, 1.165) is 0 Å². The maximum Gasteiger partial charge on any atom is 0.420 e. The second-order valence-corrected chi connectivity index (χ2v) is 2.72. The number of hydrogen-bond acceptors (Lipinski definition) is 3. The molecule has 0 aliphatic carbocycles. The van der Waals surface area contributed by atoms with Gasteiger partial charge in [-0.1, -0.05) is 0 Å². The van der Waals surface area contributed by atoms with E-state index in [1.54, 1.807) is 5.43 Å². The number of nitrogens with zero attached hydrogens (tertiary/aromatic N) is 1. The minimum atomic E-state index is -4.59. The molecule has 0 aromatic heterocycles. The average Bonchev–Trinajstić information content (AvgIpc) is 2.31. The van der Waals surface area contributed by atoms with Crippen LogP contribution in [0.15, 0.2) is 5.10 Å². The molecule has 1 N–H and O–H groups in total. The summed E-state index contributed by atoms with van der Waals surface area (Å²) in [5.41, 5.74) is -0.407. The van der Waals surface area contributed by atoms with Gasteiger partial charge in [0, 0.05) is 12.1 Å². The molecule has 0 aromatic rings. The summed E-state index contributed by atoms with van der Waals surface area (Å²) in [6.07, 6.45) is -5.14. The summed E-state index contributed by atoms with van der Waals surface area (Å²) >= 11 is 0. The molecule has 0 aromatic carbocycles. The number of alkyl halides is 3. The molecular formula is C6H7F3N2O. The quantitative estimate of drug-likeness (QED) is 0.608. The third kappa shape index (κ3) is 1.17. The highest BCUT2D eigenvalue weighted by atomic mass is 19.4. The Kier molecular flexibility index (Phi) is 1.85. The fourth-order valence-corrected chi connectivity index (χ4v) is 0.976. The van der Waals surface area contributed by atoms with Crippen LogP contribution in [-0.2, 0) is 4.79 Å². The molecular weight excluding hydrogens is 173 g/mol. The highest BCUT2D eigenvalue weighted by Crippen LogP contribution is 2.34. The van der Waals surface area contributed by atoms with Crippen LogP contribution in [0.1, 0.15) is 13.3 Å². The van der Waals surface area contributed by atoms with E-state index in [4.69, 9.17) is 0 Å². The molecule has 1 unspecified atom stereocenters. The largest absolute Gasteiger partial charge is 0.420 e. The Morgan fingerprint density at radius 2 is 2.25 bits per heavy atom. The zero-order valence-electron chi connectivity index (χ0n) is 6.27. The molecule has 1 aliphatic heterocycles. The van der Waals surface area contributed by atoms with Gasteiger partial charge >= 0.3 is 6.18 Å². The highest BCUT2D eigenvalue weighted by Gasteiger charge is 2.57. The van der Waals surface area contributed by atoms with Crippen molar-refractivity contribution in [1.29, 1.82) is 0 Å². The van der Waals surface area contributed by atoms with Crippen molar-refractivity contribution in [3.8, 4) is 0 Å². The Balaban J connectivity index is 2.89. The fourth-order valence-electron chi connectivity index (χ4n) is 0.976. The van der Waals surface area contributed by atoms with Crippen molar-refractivity contribution in [2.24, 2.45) is 5.10 Å². The second-order valence-electron chi connectivity index (χ2n) is 2.72. The number of nitrogens with one attached hydrogen (secondary N) is 1. The van der Waals surface area contributed by atoms with Gasteiger partial charge in [0.2, 0.25) is 5.54 Å². The summed E-state index contributed by atoms with van der Waals surface area (Å²) in [4.78, 5) is 10.3. The van der Waals surface area contributed by atoms with Gasteiger partial charge in [-0.2, -0.15) is 18.3 Å². The Labute approximate surface area is 66.6 Å². The molecule has 0 amide bonds. The van der Waals surface area contributed by atoms with Gasteiger partial charge in [0.25, 0.3) is 0 Å². The predicted octanol–water partition coefficient (Wildman–Crippen LogP) is 0.856. The molecule has 1 heterocycles. The molecule has 0 bridgehead atoms. The van der Waals surface area contributed by atoms with E-state index in [9.17, 15) is 18.0 Å². The molecule has 0 spiro atoms. The van der Waals surface area contributed by atoms with Crippen molar-refractivity contribution in [3.63, 3.8) is 0 Å². The van der Waals surface area contributed by atoms with Crippen LogP contribution in [0.3, 0.4) is 0 Å². The summed E-state index contributed by atoms with van der Waals surface area (Å²) in [6.45, 7) is 1.43. The molecule has 68 valence electrons. The maximum absolute atomic E-state index is 12.2. The summed E-state index contributed by atoms with van der Waals surface area (Å²) in [6, 6.07) is 0. The highest BCUT2D eigenvalue weighted by molar-refractivity contribution is 5.89. The third-order valence-corrected chi connectivity index (χ3v) is 1.69. The van der Waals surface area contributed by atoms with Crippen LogP contribution >= 0.6 is 0 Å². The Morgan fingerprint density at radius 1 is 1.67 bits per heavy atom. The van der Waals surface area contributed by atoms with Crippen LogP contribution in [0.2, 0.25) is 0 Å². The van der Waals surface area contributed by atoms with Gasteiger partial charge < -0.3 is 4.79 Å². The average molecular weight is 180 g/mol. The fraction of sp³-hybridized carbons (Fsp3) is 0.667. The van der Waals surface area contributed by atoms with Crippen LogP contribution in [0.5, 0.6) is 0 Å². The van der Waals surface area contributed by atoms with Crippen molar-refractivity contribution < 1.29 is 18.0 Å². The van der Waals surface area contributed by atoms with E-state index in [0.29, 0.717) is 0 Å². The molecule has 0 radical (unpaired) electrons. The molecule has 6 heteroatoms. The zero-order chi connectivity index (χ0) is 9.41. The lowest BCUT2D eigenvalue weighted by Crippen LogP contribution is -2.54. The molecule has 3 nitrogen and oxygen atoms in total. The molecule has 1 rings (SSSR count). The first-order chi connectivity index (χ1) is 5.41. The Morgan fingerprint density at radius 3 is 2.42 bits per heavy atom. The minimum absolute atomic E-state index is 0.146. The smallest absolute Gasteiger partial charge is 0.300 e. The second kappa shape index (κ2) is 2.46. The van der Waals surface area contributed by atoms with Gasteiger partial charge in [-0.3, -0.25) is 5.43 Å². The van der Waals surface area contributed by atoms with E-state index in [1.165, 1.54) is 6.92 Å². The van der Waals surface area contributed by atoms with Gasteiger partial charge in [-0.25, -0.2) is 0 Å². The summed E-state index contributed by atoms with van der Waals surface area (Å²) in [7, 11) is 0. The Hall–Kier alpha value is -1.07. The number of hydrazone groups is 1. The zero-order valence-corrected chi connectivity index (χ0v) is 6.27. The van der Waals surface area contributed by atoms with Crippen molar-refractivity contribution in [3.05, 3.63) is 0 Å². The molecule has 12 heavy (non-hydrogen) atoms. The van der Waals surface area contributed by atoms with E-state index < -0.39 is 18.1 Å². The van der Waals surface area contributed by atoms with Crippen molar-refractivity contribution in [2.75, 3.05) is 0 Å². The molecule has 1 atom stereocenters. The van der Waals surface area contributed by atoms with E-state index in [-0.39, 0.29) is 12.0 Å².